The van der Waals surface area contributed by atoms with E-state index in [-0.39, 0.29) is 12.4 Å². The van der Waals surface area contributed by atoms with Crippen molar-refractivity contribution < 1.29 is 0 Å². The van der Waals surface area contributed by atoms with Crippen LogP contribution in [0.1, 0.15) is 23.3 Å². The summed E-state index contributed by atoms with van der Waals surface area (Å²) < 4.78 is 0. The molecule has 2 N–H and O–H groups in total. The van der Waals surface area contributed by atoms with Crippen molar-refractivity contribution in [2.75, 3.05) is 18.8 Å². The minimum absolute atomic E-state index is 0. The van der Waals surface area contributed by atoms with Crippen LogP contribution in [0.5, 0.6) is 0 Å². The van der Waals surface area contributed by atoms with Gasteiger partial charge in [0.1, 0.15) is 0 Å². The SMILES string of the molecule is Cl.Nc1ncc(CN2CCC(Cc3ccccc3)CC2)s1. The van der Waals surface area contributed by atoms with Crippen LogP contribution in [0.3, 0.4) is 0 Å². The number of thiazole rings is 1. The molecule has 0 unspecified atom stereocenters. The molecule has 1 fully saturated rings. The molecule has 3 rings (SSSR count). The lowest BCUT2D eigenvalue weighted by Gasteiger charge is -2.31. The van der Waals surface area contributed by atoms with Gasteiger partial charge in [0, 0.05) is 17.6 Å². The number of benzene rings is 1. The van der Waals surface area contributed by atoms with Gasteiger partial charge in [-0.2, -0.15) is 0 Å². The molecule has 0 amide bonds. The van der Waals surface area contributed by atoms with E-state index in [9.17, 15) is 0 Å². The molecule has 0 spiro atoms. The van der Waals surface area contributed by atoms with Crippen LogP contribution in [0.25, 0.3) is 0 Å². The summed E-state index contributed by atoms with van der Waals surface area (Å²) in [5.41, 5.74) is 7.15. The van der Waals surface area contributed by atoms with Gasteiger partial charge in [-0.1, -0.05) is 30.3 Å². The van der Waals surface area contributed by atoms with E-state index in [0.29, 0.717) is 5.13 Å². The van der Waals surface area contributed by atoms with Gasteiger partial charge in [0.05, 0.1) is 0 Å². The summed E-state index contributed by atoms with van der Waals surface area (Å²) in [6.07, 6.45) is 5.73. The van der Waals surface area contributed by atoms with Gasteiger partial charge in [-0.3, -0.25) is 4.90 Å². The normalized spacial score (nSPS) is 16.6. The zero-order valence-electron chi connectivity index (χ0n) is 12.1. The highest BCUT2D eigenvalue weighted by molar-refractivity contribution is 7.15. The van der Waals surface area contributed by atoms with E-state index >= 15 is 0 Å². The van der Waals surface area contributed by atoms with Crippen molar-refractivity contribution in [1.29, 1.82) is 0 Å². The Morgan fingerprint density at radius 3 is 2.52 bits per heavy atom. The molecule has 5 heteroatoms. The fourth-order valence-corrected chi connectivity index (χ4v) is 3.64. The zero-order valence-corrected chi connectivity index (χ0v) is 13.7. The molecule has 2 aromatic rings. The van der Waals surface area contributed by atoms with E-state index in [1.807, 2.05) is 6.20 Å². The van der Waals surface area contributed by atoms with E-state index in [0.717, 1.165) is 12.5 Å². The highest BCUT2D eigenvalue weighted by Crippen LogP contribution is 2.24. The van der Waals surface area contributed by atoms with Crippen molar-refractivity contribution in [2.45, 2.75) is 25.8 Å². The number of nitrogens with zero attached hydrogens (tertiary/aromatic N) is 2. The van der Waals surface area contributed by atoms with Crippen LogP contribution in [0.4, 0.5) is 5.13 Å². The Morgan fingerprint density at radius 2 is 1.90 bits per heavy atom. The van der Waals surface area contributed by atoms with Gasteiger partial charge in [0.25, 0.3) is 0 Å². The number of anilines is 1. The van der Waals surface area contributed by atoms with Crippen molar-refractivity contribution in [1.82, 2.24) is 9.88 Å². The van der Waals surface area contributed by atoms with Crippen molar-refractivity contribution in [3.05, 3.63) is 47.0 Å². The molecule has 0 aliphatic carbocycles. The Labute approximate surface area is 136 Å². The van der Waals surface area contributed by atoms with Crippen LogP contribution in [0.2, 0.25) is 0 Å². The first-order chi connectivity index (χ1) is 9.79. The second-order valence-electron chi connectivity index (χ2n) is 5.57. The van der Waals surface area contributed by atoms with Crippen molar-refractivity contribution in [3.8, 4) is 0 Å². The van der Waals surface area contributed by atoms with Gasteiger partial charge in [-0.15, -0.1) is 23.7 Å². The lowest BCUT2D eigenvalue weighted by Crippen LogP contribution is -2.33. The fourth-order valence-electron chi connectivity index (χ4n) is 2.91. The van der Waals surface area contributed by atoms with Crippen LogP contribution in [-0.2, 0) is 13.0 Å². The predicted octanol–water partition coefficient (Wildman–Crippen LogP) is 3.60. The molecule has 2 heterocycles. The van der Waals surface area contributed by atoms with E-state index in [4.69, 9.17) is 5.73 Å². The Bertz CT molecular complexity index is 535. The lowest BCUT2D eigenvalue weighted by molar-refractivity contribution is 0.178. The van der Waals surface area contributed by atoms with Gasteiger partial charge in [-0.05, 0) is 43.8 Å². The average Bonchev–Trinajstić information content (AvgIpc) is 2.88. The third kappa shape index (κ3) is 4.70. The maximum absolute atomic E-state index is 5.68. The summed E-state index contributed by atoms with van der Waals surface area (Å²) in [5, 5.41) is 0.680. The Balaban J connectivity index is 0.00000161. The molecule has 1 aromatic carbocycles. The number of nitrogen functional groups attached to an aromatic ring is 1. The number of piperidine rings is 1. The molecule has 0 bridgehead atoms. The van der Waals surface area contributed by atoms with E-state index in [1.54, 1.807) is 11.3 Å². The maximum atomic E-state index is 5.68. The largest absolute Gasteiger partial charge is 0.375 e. The number of halogens is 1. The van der Waals surface area contributed by atoms with Crippen LogP contribution < -0.4 is 5.73 Å². The quantitative estimate of drug-likeness (QED) is 0.934. The van der Waals surface area contributed by atoms with Crippen LogP contribution in [0.15, 0.2) is 36.5 Å². The van der Waals surface area contributed by atoms with Crippen LogP contribution >= 0.6 is 23.7 Å². The van der Waals surface area contributed by atoms with Crippen molar-refractivity contribution in [2.24, 2.45) is 5.92 Å². The number of nitrogens with two attached hydrogens (primary N) is 1. The standard InChI is InChI=1S/C16H21N3S.ClH/c17-16-18-11-15(20-16)12-19-8-6-14(7-9-19)10-13-4-2-1-3-5-13;/h1-5,11,14H,6-10,12H2,(H2,17,18);1H. The van der Waals surface area contributed by atoms with Gasteiger partial charge in [0.2, 0.25) is 0 Å². The highest BCUT2D eigenvalue weighted by Gasteiger charge is 2.19. The van der Waals surface area contributed by atoms with Crippen molar-refractivity contribution in [3.63, 3.8) is 0 Å². The first-order valence-electron chi connectivity index (χ1n) is 7.26. The average molecular weight is 324 g/mol. The first-order valence-corrected chi connectivity index (χ1v) is 8.08. The minimum Gasteiger partial charge on any atom is -0.375 e. The zero-order chi connectivity index (χ0) is 13.8. The summed E-state index contributed by atoms with van der Waals surface area (Å²) in [5.74, 6) is 0.834. The van der Waals surface area contributed by atoms with E-state index in [1.165, 1.54) is 42.8 Å². The lowest BCUT2D eigenvalue weighted by atomic mass is 9.90. The molecule has 1 aromatic heterocycles. The predicted molar refractivity (Wildman–Crippen MR) is 91.9 cm³/mol. The minimum atomic E-state index is 0. The molecule has 1 aliphatic heterocycles. The molecule has 21 heavy (non-hydrogen) atoms. The molecule has 0 radical (unpaired) electrons. The third-order valence-electron chi connectivity index (χ3n) is 4.03. The number of hydrogen-bond donors (Lipinski definition) is 1. The number of hydrogen-bond acceptors (Lipinski definition) is 4. The second kappa shape index (κ2) is 7.78. The molecular formula is C16H22ClN3S. The molecule has 0 saturated carbocycles. The highest BCUT2D eigenvalue weighted by atomic mass is 35.5. The summed E-state index contributed by atoms with van der Waals surface area (Å²) in [6, 6.07) is 10.9. The van der Waals surface area contributed by atoms with Gasteiger partial charge < -0.3 is 5.73 Å². The second-order valence-corrected chi connectivity index (χ2v) is 6.72. The summed E-state index contributed by atoms with van der Waals surface area (Å²) in [7, 11) is 0. The molecule has 114 valence electrons. The Morgan fingerprint density at radius 1 is 1.19 bits per heavy atom. The monoisotopic (exact) mass is 323 g/mol. The molecular weight excluding hydrogens is 302 g/mol. The Hall–Kier alpha value is -1.10. The smallest absolute Gasteiger partial charge is 0.180 e. The molecule has 1 aliphatic rings. The number of rotatable bonds is 4. The summed E-state index contributed by atoms with van der Waals surface area (Å²) in [6.45, 7) is 3.39. The first kappa shape index (κ1) is 16.3. The third-order valence-corrected chi connectivity index (χ3v) is 4.84. The van der Waals surface area contributed by atoms with Gasteiger partial charge >= 0.3 is 0 Å². The summed E-state index contributed by atoms with van der Waals surface area (Å²) >= 11 is 1.61. The van der Waals surface area contributed by atoms with Crippen LogP contribution in [0, 0.1) is 5.92 Å². The van der Waals surface area contributed by atoms with Crippen molar-refractivity contribution >= 4 is 28.9 Å². The van der Waals surface area contributed by atoms with E-state index in [2.05, 4.69) is 40.2 Å². The molecule has 3 nitrogen and oxygen atoms in total. The molecule has 0 atom stereocenters. The molecule has 1 saturated heterocycles. The summed E-state index contributed by atoms with van der Waals surface area (Å²) in [4.78, 5) is 7.93. The maximum Gasteiger partial charge on any atom is 0.180 e. The van der Waals surface area contributed by atoms with E-state index < -0.39 is 0 Å². The number of aromatic nitrogens is 1. The topological polar surface area (TPSA) is 42.1 Å². The van der Waals surface area contributed by atoms with Gasteiger partial charge in [-0.25, -0.2) is 4.98 Å². The van der Waals surface area contributed by atoms with Gasteiger partial charge in [0.15, 0.2) is 5.13 Å². The number of likely N-dealkylation sites (tertiary alicyclic amines) is 1. The fraction of sp³-hybridized carbons (Fsp3) is 0.438. The van der Waals surface area contributed by atoms with Crippen LogP contribution in [-0.4, -0.2) is 23.0 Å². The Kier molecular flexibility index (Phi) is 6.03.